The molecule has 2 rings (SSSR count). The fraction of sp³-hybridized carbons (Fsp3) is 0.647. The molecule has 102 valence electrons. The molecule has 0 aliphatic heterocycles. The molecule has 2 heteroatoms. The first-order chi connectivity index (χ1) is 8.82. The van der Waals surface area contributed by atoms with E-state index in [1.165, 1.54) is 37.7 Å². The van der Waals surface area contributed by atoms with Crippen molar-refractivity contribution >= 4 is 26.6 Å². The molecule has 1 fully saturated rings. The van der Waals surface area contributed by atoms with E-state index in [1.54, 1.807) is 22.1 Å². The van der Waals surface area contributed by atoms with E-state index in [9.17, 15) is 0 Å². The zero-order valence-electron chi connectivity index (χ0n) is 13.7. The van der Waals surface area contributed by atoms with Crippen molar-refractivity contribution in [2.75, 3.05) is 0 Å². The van der Waals surface area contributed by atoms with Crippen LogP contribution in [0.25, 0.3) is 0 Å². The van der Waals surface area contributed by atoms with Gasteiger partial charge in [0.05, 0.1) is 0 Å². The maximum atomic E-state index is 2.43. The molecule has 0 heterocycles. The topological polar surface area (TPSA) is 0 Å². The summed E-state index contributed by atoms with van der Waals surface area (Å²) in [6.07, 6.45) is 7.07. The van der Waals surface area contributed by atoms with Crippen LogP contribution in [0.1, 0.15) is 75.5 Å². The van der Waals surface area contributed by atoms with Gasteiger partial charge in [-0.1, -0.05) is 68.2 Å². The highest BCUT2D eigenvalue weighted by atomic mass is 14.3. The summed E-state index contributed by atoms with van der Waals surface area (Å²) < 4.78 is 0. The molecule has 0 spiro atoms. The largest absolute Gasteiger partial charge is 0.140 e. The third-order valence-corrected chi connectivity index (χ3v) is 4.99. The third-order valence-electron chi connectivity index (χ3n) is 4.99. The summed E-state index contributed by atoms with van der Waals surface area (Å²) in [5.41, 5.74) is 8.10. The Hall–Kier alpha value is -0.650. The second kappa shape index (κ2) is 5.38. The van der Waals surface area contributed by atoms with Crippen LogP contribution in [0.2, 0.25) is 0 Å². The average Bonchev–Trinajstić information content (AvgIpc) is 2.34. The van der Waals surface area contributed by atoms with Gasteiger partial charge in [-0.05, 0) is 36.7 Å². The number of hydrogen-bond acceptors (Lipinski definition) is 0. The zero-order valence-corrected chi connectivity index (χ0v) is 13.7. The van der Waals surface area contributed by atoms with E-state index in [4.69, 9.17) is 0 Å². The lowest BCUT2D eigenvalue weighted by Crippen LogP contribution is -2.35. The first kappa shape index (κ1) is 14.8. The molecule has 19 heavy (non-hydrogen) atoms. The highest BCUT2D eigenvalue weighted by molar-refractivity contribution is 6.41. The number of benzene rings is 1. The van der Waals surface area contributed by atoms with Crippen molar-refractivity contribution in [3.05, 3.63) is 22.8 Å². The Morgan fingerprint density at radius 1 is 1.00 bits per heavy atom. The van der Waals surface area contributed by atoms with Gasteiger partial charge in [0.25, 0.3) is 0 Å². The van der Waals surface area contributed by atoms with E-state index in [1.807, 2.05) is 0 Å². The van der Waals surface area contributed by atoms with Gasteiger partial charge in [0.15, 0.2) is 0 Å². The second-order valence-corrected chi connectivity index (χ2v) is 7.49. The Kier molecular flexibility index (Phi) is 4.18. The molecule has 0 radical (unpaired) electrons. The lowest BCUT2D eigenvalue weighted by molar-refractivity contribution is 0.445. The summed E-state index contributed by atoms with van der Waals surface area (Å²) in [5, 5.41) is 0. The lowest BCUT2D eigenvalue weighted by Gasteiger charge is -2.31. The monoisotopic (exact) mass is 254 g/mol. The van der Waals surface area contributed by atoms with E-state index in [-0.39, 0.29) is 5.41 Å². The van der Waals surface area contributed by atoms with Gasteiger partial charge in [0.1, 0.15) is 15.7 Å². The molecule has 0 nitrogen and oxygen atoms in total. The number of aryl methyl sites for hydroxylation is 1. The van der Waals surface area contributed by atoms with Crippen LogP contribution in [0.4, 0.5) is 0 Å². The fourth-order valence-corrected chi connectivity index (χ4v) is 3.85. The summed E-state index contributed by atoms with van der Waals surface area (Å²) in [4.78, 5) is 0. The van der Waals surface area contributed by atoms with Crippen molar-refractivity contribution in [3.8, 4) is 0 Å². The van der Waals surface area contributed by atoms with Gasteiger partial charge < -0.3 is 0 Å². The quantitative estimate of drug-likeness (QED) is 0.671. The predicted molar refractivity (Wildman–Crippen MR) is 92.1 cm³/mol. The summed E-state index contributed by atoms with van der Waals surface area (Å²) in [7, 11) is 4.69. The molecular weight excluding hydrogens is 226 g/mol. The SMILES string of the molecule is Bc1c(C)cc(C(C)(C)C)c(B)c1C1CCCCC1. The van der Waals surface area contributed by atoms with Crippen LogP contribution >= 0.6 is 0 Å². The molecule has 1 aliphatic rings. The fourth-order valence-electron chi connectivity index (χ4n) is 3.85. The van der Waals surface area contributed by atoms with Gasteiger partial charge in [-0.25, -0.2) is 0 Å². The Balaban J connectivity index is 2.55. The Labute approximate surface area is 121 Å². The van der Waals surface area contributed by atoms with Crippen LogP contribution in [0.15, 0.2) is 6.07 Å². The average molecular weight is 254 g/mol. The predicted octanol–water partition coefficient (Wildman–Crippen LogP) is 1.86. The van der Waals surface area contributed by atoms with Crippen LogP contribution < -0.4 is 10.9 Å². The Bertz CT molecular complexity index is 463. The molecule has 0 saturated heterocycles. The second-order valence-electron chi connectivity index (χ2n) is 7.49. The number of rotatable bonds is 1. The maximum Gasteiger partial charge on any atom is 0.140 e. The molecule has 0 unspecified atom stereocenters. The zero-order chi connectivity index (χ0) is 14.2. The first-order valence-electron chi connectivity index (χ1n) is 7.93. The normalized spacial score (nSPS) is 17.7. The molecular formula is C17H28B2. The van der Waals surface area contributed by atoms with Crippen LogP contribution in [0.5, 0.6) is 0 Å². The van der Waals surface area contributed by atoms with Gasteiger partial charge >= 0.3 is 0 Å². The molecule has 1 aromatic carbocycles. The third kappa shape index (κ3) is 2.93. The minimum atomic E-state index is 0.256. The lowest BCUT2D eigenvalue weighted by atomic mass is 9.65. The highest BCUT2D eigenvalue weighted by Gasteiger charge is 2.24. The van der Waals surface area contributed by atoms with Gasteiger partial charge in [-0.3, -0.25) is 0 Å². The molecule has 0 aromatic heterocycles. The van der Waals surface area contributed by atoms with Gasteiger partial charge in [0.2, 0.25) is 0 Å². The molecule has 0 bridgehead atoms. The molecule has 0 N–H and O–H groups in total. The molecule has 1 aromatic rings. The van der Waals surface area contributed by atoms with Gasteiger partial charge in [-0.15, -0.1) is 0 Å². The van der Waals surface area contributed by atoms with Crippen LogP contribution in [0.3, 0.4) is 0 Å². The van der Waals surface area contributed by atoms with Gasteiger partial charge in [-0.2, -0.15) is 0 Å². The van der Waals surface area contributed by atoms with E-state index in [0.29, 0.717) is 0 Å². The number of hydrogen-bond donors (Lipinski definition) is 0. The van der Waals surface area contributed by atoms with Gasteiger partial charge in [0, 0.05) is 0 Å². The van der Waals surface area contributed by atoms with Crippen LogP contribution in [-0.4, -0.2) is 15.7 Å². The molecule has 0 atom stereocenters. The summed E-state index contributed by atoms with van der Waals surface area (Å²) in [6, 6.07) is 2.43. The van der Waals surface area contributed by atoms with Crippen LogP contribution in [-0.2, 0) is 5.41 Å². The molecule has 1 aliphatic carbocycles. The molecule has 1 saturated carbocycles. The maximum absolute atomic E-state index is 2.43. The van der Waals surface area contributed by atoms with E-state index < -0.39 is 0 Å². The van der Waals surface area contributed by atoms with Crippen molar-refractivity contribution in [2.45, 2.75) is 71.1 Å². The van der Waals surface area contributed by atoms with E-state index >= 15 is 0 Å². The molecule has 0 amide bonds. The van der Waals surface area contributed by atoms with Crippen molar-refractivity contribution in [1.29, 1.82) is 0 Å². The van der Waals surface area contributed by atoms with Crippen LogP contribution in [0, 0.1) is 6.92 Å². The highest BCUT2D eigenvalue weighted by Crippen LogP contribution is 2.32. The van der Waals surface area contributed by atoms with Crippen molar-refractivity contribution in [3.63, 3.8) is 0 Å². The summed E-state index contributed by atoms with van der Waals surface area (Å²) in [5.74, 6) is 0.815. The minimum absolute atomic E-state index is 0.256. The minimum Gasteiger partial charge on any atom is -0.0832 e. The van der Waals surface area contributed by atoms with E-state index in [2.05, 4.69) is 49.5 Å². The van der Waals surface area contributed by atoms with E-state index in [0.717, 1.165) is 5.92 Å². The standard InChI is InChI=1S/C17H28B2/c1-11-10-13(17(2,3)4)16(19)14(15(11)18)12-8-6-5-7-9-12/h10,12H,5-9,18-19H2,1-4H3. The Morgan fingerprint density at radius 2 is 1.58 bits per heavy atom. The Morgan fingerprint density at radius 3 is 2.11 bits per heavy atom. The van der Waals surface area contributed by atoms with Crippen molar-refractivity contribution in [1.82, 2.24) is 0 Å². The van der Waals surface area contributed by atoms with Crippen molar-refractivity contribution < 1.29 is 0 Å². The first-order valence-corrected chi connectivity index (χ1v) is 7.93. The summed E-state index contributed by atoms with van der Waals surface area (Å²) in [6.45, 7) is 9.31. The van der Waals surface area contributed by atoms with Crippen molar-refractivity contribution in [2.24, 2.45) is 0 Å². The summed E-state index contributed by atoms with van der Waals surface area (Å²) >= 11 is 0. The smallest absolute Gasteiger partial charge is 0.0832 e.